The third kappa shape index (κ3) is 2.79. The van der Waals surface area contributed by atoms with Crippen LogP contribution in [0.3, 0.4) is 0 Å². The van der Waals surface area contributed by atoms with Crippen LogP contribution in [0, 0.1) is 11.8 Å². The van der Waals surface area contributed by atoms with Crippen LogP contribution in [0.4, 0.5) is 11.5 Å². The molecule has 0 radical (unpaired) electrons. The maximum Gasteiger partial charge on any atom is 0.133 e. The van der Waals surface area contributed by atoms with Crippen LogP contribution in [-0.2, 0) is 0 Å². The number of aromatic nitrogens is 1. The zero-order valence-electron chi connectivity index (χ0n) is 9.54. The summed E-state index contributed by atoms with van der Waals surface area (Å²) in [7, 11) is 0. The Morgan fingerprint density at radius 2 is 2.31 bits per heavy atom. The van der Waals surface area contributed by atoms with Gasteiger partial charge in [0.05, 0.1) is 0 Å². The zero-order chi connectivity index (χ0) is 11.5. The van der Waals surface area contributed by atoms with Crippen molar-refractivity contribution < 1.29 is 0 Å². The van der Waals surface area contributed by atoms with E-state index in [0.29, 0.717) is 10.8 Å². The van der Waals surface area contributed by atoms with Gasteiger partial charge in [-0.25, -0.2) is 4.98 Å². The minimum Gasteiger partial charge on any atom is -0.399 e. The topological polar surface area (TPSA) is 50.9 Å². The molecule has 1 saturated carbocycles. The molecule has 3 nitrogen and oxygen atoms in total. The summed E-state index contributed by atoms with van der Waals surface area (Å²) in [4.78, 5) is 4.19. The van der Waals surface area contributed by atoms with E-state index in [4.69, 9.17) is 17.3 Å². The molecule has 0 aliphatic heterocycles. The SMILES string of the molecule is CC1CCCC1CNc1cc(N)cc(Cl)n1. The molecule has 0 bridgehead atoms. The highest BCUT2D eigenvalue weighted by Gasteiger charge is 2.22. The van der Waals surface area contributed by atoms with Gasteiger partial charge in [-0.05, 0) is 24.3 Å². The lowest BCUT2D eigenvalue weighted by Gasteiger charge is -2.16. The first-order chi connectivity index (χ1) is 7.65. The fraction of sp³-hybridized carbons (Fsp3) is 0.583. The van der Waals surface area contributed by atoms with Crippen molar-refractivity contribution in [2.75, 3.05) is 17.6 Å². The number of nitrogens with zero attached hydrogens (tertiary/aromatic N) is 1. The van der Waals surface area contributed by atoms with Gasteiger partial charge in [0.15, 0.2) is 0 Å². The molecule has 0 saturated heterocycles. The standard InChI is InChI=1S/C12H18ClN3/c1-8-3-2-4-9(8)7-15-12-6-10(14)5-11(13)16-12/h5-6,8-9H,2-4,7H2,1H3,(H3,14,15,16). The number of pyridine rings is 1. The second kappa shape index (κ2) is 4.91. The van der Waals surface area contributed by atoms with Crippen molar-refractivity contribution in [1.29, 1.82) is 0 Å². The van der Waals surface area contributed by atoms with Crippen molar-refractivity contribution in [3.05, 3.63) is 17.3 Å². The highest BCUT2D eigenvalue weighted by Crippen LogP contribution is 2.31. The minimum atomic E-state index is 0.446. The van der Waals surface area contributed by atoms with Gasteiger partial charge in [0.2, 0.25) is 0 Å². The van der Waals surface area contributed by atoms with E-state index in [1.807, 2.05) is 6.07 Å². The van der Waals surface area contributed by atoms with Gasteiger partial charge in [-0.3, -0.25) is 0 Å². The summed E-state index contributed by atoms with van der Waals surface area (Å²) in [5, 5.41) is 3.77. The maximum absolute atomic E-state index is 5.84. The highest BCUT2D eigenvalue weighted by atomic mass is 35.5. The van der Waals surface area contributed by atoms with Crippen molar-refractivity contribution >= 4 is 23.1 Å². The van der Waals surface area contributed by atoms with E-state index in [1.54, 1.807) is 6.07 Å². The normalized spacial score (nSPS) is 24.6. The molecular weight excluding hydrogens is 222 g/mol. The Hall–Kier alpha value is -0.960. The summed E-state index contributed by atoms with van der Waals surface area (Å²) in [5.74, 6) is 2.34. The Morgan fingerprint density at radius 3 is 2.94 bits per heavy atom. The Morgan fingerprint density at radius 1 is 1.50 bits per heavy atom. The molecule has 16 heavy (non-hydrogen) atoms. The van der Waals surface area contributed by atoms with E-state index >= 15 is 0 Å². The fourth-order valence-electron chi connectivity index (χ4n) is 2.37. The van der Waals surface area contributed by atoms with Gasteiger partial charge in [-0.15, -0.1) is 0 Å². The van der Waals surface area contributed by atoms with Crippen molar-refractivity contribution in [1.82, 2.24) is 4.98 Å². The van der Waals surface area contributed by atoms with Crippen LogP contribution in [-0.4, -0.2) is 11.5 Å². The average Bonchev–Trinajstić information content (AvgIpc) is 2.59. The Balaban J connectivity index is 1.94. The van der Waals surface area contributed by atoms with Crippen LogP contribution in [0.25, 0.3) is 0 Å². The van der Waals surface area contributed by atoms with Gasteiger partial charge in [-0.2, -0.15) is 0 Å². The second-order valence-corrected chi connectivity index (χ2v) is 5.04. The largest absolute Gasteiger partial charge is 0.399 e. The van der Waals surface area contributed by atoms with E-state index in [-0.39, 0.29) is 0 Å². The van der Waals surface area contributed by atoms with Gasteiger partial charge >= 0.3 is 0 Å². The smallest absolute Gasteiger partial charge is 0.133 e. The number of anilines is 2. The molecular formula is C12H18ClN3. The van der Waals surface area contributed by atoms with Crippen molar-refractivity contribution in [3.8, 4) is 0 Å². The molecule has 1 fully saturated rings. The van der Waals surface area contributed by atoms with Crippen LogP contribution in [0.1, 0.15) is 26.2 Å². The molecule has 2 atom stereocenters. The molecule has 0 aromatic carbocycles. The Bertz CT molecular complexity index is 347. The van der Waals surface area contributed by atoms with Crippen LogP contribution >= 0.6 is 11.6 Å². The number of hydrogen-bond acceptors (Lipinski definition) is 3. The monoisotopic (exact) mass is 239 g/mol. The minimum absolute atomic E-state index is 0.446. The molecule has 88 valence electrons. The molecule has 3 N–H and O–H groups in total. The number of nitrogens with two attached hydrogens (primary N) is 1. The lowest BCUT2D eigenvalue weighted by Crippen LogP contribution is -2.17. The molecule has 0 amide bonds. The summed E-state index contributed by atoms with van der Waals surface area (Å²) < 4.78 is 0. The van der Waals surface area contributed by atoms with Crippen LogP contribution in [0.5, 0.6) is 0 Å². The van der Waals surface area contributed by atoms with Crippen LogP contribution < -0.4 is 11.1 Å². The van der Waals surface area contributed by atoms with E-state index < -0.39 is 0 Å². The first-order valence-electron chi connectivity index (χ1n) is 5.82. The zero-order valence-corrected chi connectivity index (χ0v) is 10.3. The number of nitrogen functional groups attached to an aromatic ring is 1. The Kier molecular flexibility index (Phi) is 3.54. The molecule has 0 spiro atoms. The van der Waals surface area contributed by atoms with Gasteiger partial charge in [-0.1, -0.05) is 31.4 Å². The van der Waals surface area contributed by atoms with Gasteiger partial charge < -0.3 is 11.1 Å². The van der Waals surface area contributed by atoms with Gasteiger partial charge in [0, 0.05) is 18.3 Å². The molecule has 2 rings (SSSR count). The number of halogens is 1. The molecule has 1 aromatic heterocycles. The van der Waals surface area contributed by atoms with Crippen molar-refractivity contribution in [3.63, 3.8) is 0 Å². The van der Waals surface area contributed by atoms with Gasteiger partial charge in [0.1, 0.15) is 11.0 Å². The Labute approximate surface area is 101 Å². The lowest BCUT2D eigenvalue weighted by molar-refractivity contribution is 0.439. The van der Waals surface area contributed by atoms with Crippen molar-refractivity contribution in [2.24, 2.45) is 11.8 Å². The molecule has 1 aliphatic carbocycles. The van der Waals surface area contributed by atoms with E-state index in [1.165, 1.54) is 19.3 Å². The van der Waals surface area contributed by atoms with Crippen molar-refractivity contribution in [2.45, 2.75) is 26.2 Å². The molecule has 2 unspecified atom stereocenters. The second-order valence-electron chi connectivity index (χ2n) is 4.66. The predicted octanol–water partition coefficient (Wildman–Crippen LogP) is 3.17. The summed E-state index contributed by atoms with van der Waals surface area (Å²) in [6, 6.07) is 3.48. The molecule has 1 heterocycles. The van der Waals surface area contributed by atoms with E-state index in [9.17, 15) is 0 Å². The maximum atomic E-state index is 5.84. The average molecular weight is 240 g/mol. The summed E-state index contributed by atoms with van der Waals surface area (Å²) in [6.45, 7) is 3.28. The first kappa shape index (κ1) is 11.5. The summed E-state index contributed by atoms with van der Waals surface area (Å²) in [6.07, 6.45) is 4.00. The molecule has 1 aliphatic rings. The quantitative estimate of drug-likeness (QED) is 0.797. The predicted molar refractivity (Wildman–Crippen MR) is 68.7 cm³/mol. The number of nitrogens with one attached hydrogen (secondary N) is 1. The van der Waals surface area contributed by atoms with Crippen LogP contribution in [0.2, 0.25) is 5.15 Å². The summed E-state index contributed by atoms with van der Waals surface area (Å²) >= 11 is 5.84. The van der Waals surface area contributed by atoms with E-state index in [2.05, 4.69) is 17.2 Å². The summed E-state index contributed by atoms with van der Waals surface area (Å²) in [5.41, 5.74) is 6.36. The molecule has 4 heteroatoms. The fourth-order valence-corrected chi connectivity index (χ4v) is 2.59. The van der Waals surface area contributed by atoms with Gasteiger partial charge in [0.25, 0.3) is 0 Å². The number of hydrogen-bond donors (Lipinski definition) is 2. The molecule has 1 aromatic rings. The highest BCUT2D eigenvalue weighted by molar-refractivity contribution is 6.29. The third-order valence-corrected chi connectivity index (χ3v) is 3.59. The third-order valence-electron chi connectivity index (χ3n) is 3.40. The van der Waals surface area contributed by atoms with Crippen LogP contribution in [0.15, 0.2) is 12.1 Å². The first-order valence-corrected chi connectivity index (χ1v) is 6.20. The number of rotatable bonds is 3. The lowest BCUT2D eigenvalue weighted by atomic mass is 9.98. The van der Waals surface area contributed by atoms with E-state index in [0.717, 1.165) is 24.2 Å².